The van der Waals surface area contributed by atoms with Crippen LogP contribution in [0.1, 0.15) is 19.8 Å². The van der Waals surface area contributed by atoms with E-state index in [1.807, 2.05) is 31.2 Å². The lowest BCUT2D eigenvalue weighted by Gasteiger charge is -2.08. The van der Waals surface area contributed by atoms with Crippen molar-refractivity contribution >= 4 is 28.4 Å². The normalized spacial score (nSPS) is 11.1. The number of pyridine rings is 1. The summed E-state index contributed by atoms with van der Waals surface area (Å²) in [5.41, 5.74) is 7.39. The lowest BCUT2D eigenvalue weighted by atomic mass is 10.2. The van der Waals surface area contributed by atoms with Gasteiger partial charge >= 0.3 is 0 Å². The van der Waals surface area contributed by atoms with Gasteiger partial charge in [0.2, 0.25) is 0 Å². The fourth-order valence-corrected chi connectivity index (χ4v) is 3.02. The summed E-state index contributed by atoms with van der Waals surface area (Å²) in [6.07, 6.45) is 2.02. The number of benzene rings is 1. The fraction of sp³-hybridized carbons (Fsp3) is 0.400. The smallest absolute Gasteiger partial charge is 0.264 e. The lowest BCUT2D eigenvalue weighted by molar-refractivity contribution is 0.144. The molecular formula is C15H20N2O2S. The van der Waals surface area contributed by atoms with Crippen molar-refractivity contribution < 1.29 is 4.74 Å². The van der Waals surface area contributed by atoms with E-state index in [4.69, 9.17) is 10.5 Å². The van der Waals surface area contributed by atoms with E-state index < -0.39 is 0 Å². The predicted molar refractivity (Wildman–Crippen MR) is 85.4 cm³/mol. The van der Waals surface area contributed by atoms with Crippen LogP contribution in [0.5, 0.6) is 0 Å². The van der Waals surface area contributed by atoms with Gasteiger partial charge in [-0.1, -0.05) is 18.2 Å². The summed E-state index contributed by atoms with van der Waals surface area (Å²) in [4.78, 5) is 15.5. The van der Waals surface area contributed by atoms with Crippen LogP contribution in [0.15, 0.2) is 34.0 Å². The molecule has 0 fully saturated rings. The number of H-pyrrole nitrogens is 1. The second-order valence-corrected chi connectivity index (χ2v) is 5.60. The number of para-hydroxylation sites is 1. The Labute approximate surface area is 122 Å². The highest BCUT2D eigenvalue weighted by atomic mass is 32.2. The summed E-state index contributed by atoms with van der Waals surface area (Å²) in [7, 11) is 0. The van der Waals surface area contributed by atoms with Gasteiger partial charge in [-0.3, -0.25) is 4.79 Å². The number of anilines is 1. The number of hydrogen-bond donors (Lipinski definition) is 2. The van der Waals surface area contributed by atoms with Crippen molar-refractivity contribution in [3.05, 3.63) is 34.6 Å². The van der Waals surface area contributed by atoms with Gasteiger partial charge in [-0.15, -0.1) is 11.8 Å². The number of fused-ring (bicyclic) bond motifs is 1. The summed E-state index contributed by atoms with van der Waals surface area (Å²) in [6, 6.07) is 7.61. The van der Waals surface area contributed by atoms with Crippen molar-refractivity contribution in [2.75, 3.05) is 24.7 Å². The van der Waals surface area contributed by atoms with Crippen LogP contribution in [-0.2, 0) is 4.74 Å². The lowest BCUT2D eigenvalue weighted by Crippen LogP contribution is -2.12. The van der Waals surface area contributed by atoms with Gasteiger partial charge in [-0.25, -0.2) is 0 Å². The average Bonchev–Trinajstić information content (AvgIpc) is 2.45. The second kappa shape index (κ2) is 7.36. The molecule has 4 nitrogen and oxygen atoms in total. The standard InChI is InChI=1S/C15H20N2O2S/c1-2-19-9-5-6-10-20-14-13(16)11-7-3-4-8-12(11)17-15(14)18/h3-4,7-8H,2,5-6,9-10H2,1H3,(H3,16,17,18). The van der Waals surface area contributed by atoms with Crippen molar-refractivity contribution in [3.8, 4) is 0 Å². The molecule has 1 aromatic heterocycles. The molecule has 0 bridgehead atoms. The zero-order valence-electron chi connectivity index (χ0n) is 11.6. The Morgan fingerprint density at radius 3 is 2.90 bits per heavy atom. The number of nitrogens with one attached hydrogen (secondary N) is 1. The molecule has 1 aromatic carbocycles. The molecule has 0 spiro atoms. The second-order valence-electron chi connectivity index (χ2n) is 4.49. The number of aromatic nitrogens is 1. The van der Waals surface area contributed by atoms with E-state index in [9.17, 15) is 4.79 Å². The van der Waals surface area contributed by atoms with Crippen LogP contribution in [0.25, 0.3) is 10.9 Å². The average molecular weight is 292 g/mol. The molecule has 0 radical (unpaired) electrons. The van der Waals surface area contributed by atoms with Gasteiger partial charge in [0, 0.05) is 18.6 Å². The fourth-order valence-electron chi connectivity index (χ4n) is 2.02. The maximum Gasteiger partial charge on any atom is 0.264 e. The molecule has 108 valence electrons. The van der Waals surface area contributed by atoms with Crippen molar-refractivity contribution in [1.29, 1.82) is 0 Å². The number of rotatable bonds is 7. The Balaban J connectivity index is 2.05. The summed E-state index contributed by atoms with van der Waals surface area (Å²) >= 11 is 1.52. The molecule has 2 rings (SSSR count). The summed E-state index contributed by atoms with van der Waals surface area (Å²) in [5, 5.41) is 0.906. The molecule has 0 amide bonds. The Hall–Kier alpha value is -1.46. The molecule has 0 aliphatic rings. The van der Waals surface area contributed by atoms with Gasteiger partial charge in [-0.05, 0) is 31.6 Å². The third-order valence-electron chi connectivity index (χ3n) is 3.05. The largest absolute Gasteiger partial charge is 0.397 e. The molecule has 0 saturated carbocycles. The highest BCUT2D eigenvalue weighted by Crippen LogP contribution is 2.27. The van der Waals surface area contributed by atoms with Crippen LogP contribution >= 0.6 is 11.8 Å². The number of hydrogen-bond acceptors (Lipinski definition) is 4. The quantitative estimate of drug-likeness (QED) is 0.608. The van der Waals surface area contributed by atoms with Gasteiger partial charge in [0.1, 0.15) is 0 Å². The first-order valence-corrected chi connectivity index (χ1v) is 7.83. The van der Waals surface area contributed by atoms with E-state index in [0.717, 1.165) is 42.7 Å². The molecule has 0 aliphatic heterocycles. The molecule has 20 heavy (non-hydrogen) atoms. The molecular weight excluding hydrogens is 272 g/mol. The number of nitrogens with two attached hydrogens (primary N) is 1. The predicted octanol–water partition coefficient (Wildman–Crippen LogP) is 3.02. The summed E-state index contributed by atoms with van der Waals surface area (Å²) in [5.74, 6) is 0.874. The van der Waals surface area contributed by atoms with Gasteiger partial charge < -0.3 is 15.5 Å². The van der Waals surface area contributed by atoms with Gasteiger partial charge in [0.05, 0.1) is 16.1 Å². The number of unbranched alkanes of at least 4 members (excludes halogenated alkanes) is 1. The van der Waals surface area contributed by atoms with E-state index in [0.29, 0.717) is 10.6 Å². The third-order valence-corrected chi connectivity index (χ3v) is 4.24. The monoisotopic (exact) mass is 292 g/mol. The Kier molecular flexibility index (Phi) is 5.49. The molecule has 0 aliphatic carbocycles. The van der Waals surface area contributed by atoms with E-state index in [1.54, 1.807) is 0 Å². The van der Waals surface area contributed by atoms with Crippen molar-refractivity contribution in [2.45, 2.75) is 24.7 Å². The first-order valence-electron chi connectivity index (χ1n) is 6.85. The first-order chi connectivity index (χ1) is 9.74. The van der Waals surface area contributed by atoms with Crippen molar-refractivity contribution in [3.63, 3.8) is 0 Å². The zero-order chi connectivity index (χ0) is 14.4. The van der Waals surface area contributed by atoms with Crippen LogP contribution in [0.2, 0.25) is 0 Å². The number of thioether (sulfide) groups is 1. The van der Waals surface area contributed by atoms with Crippen LogP contribution in [0.4, 0.5) is 5.69 Å². The Bertz CT molecular complexity index is 625. The van der Waals surface area contributed by atoms with Crippen LogP contribution in [-0.4, -0.2) is 24.0 Å². The maximum absolute atomic E-state index is 12.0. The van der Waals surface area contributed by atoms with Crippen molar-refractivity contribution in [1.82, 2.24) is 4.98 Å². The molecule has 2 aromatic rings. The van der Waals surface area contributed by atoms with E-state index in [-0.39, 0.29) is 5.56 Å². The molecule has 5 heteroatoms. The van der Waals surface area contributed by atoms with Gasteiger partial charge in [0.25, 0.3) is 5.56 Å². The third kappa shape index (κ3) is 3.55. The zero-order valence-corrected chi connectivity index (χ0v) is 12.5. The summed E-state index contributed by atoms with van der Waals surface area (Å²) in [6.45, 7) is 3.52. The molecule has 3 N–H and O–H groups in total. The van der Waals surface area contributed by atoms with Crippen LogP contribution in [0, 0.1) is 0 Å². The van der Waals surface area contributed by atoms with E-state index in [2.05, 4.69) is 4.98 Å². The Morgan fingerprint density at radius 1 is 1.30 bits per heavy atom. The SMILES string of the molecule is CCOCCCCSc1c(N)c2ccccc2[nH]c1=O. The number of aromatic amines is 1. The summed E-state index contributed by atoms with van der Waals surface area (Å²) < 4.78 is 5.29. The van der Waals surface area contributed by atoms with Crippen molar-refractivity contribution in [2.24, 2.45) is 0 Å². The topological polar surface area (TPSA) is 68.1 Å². The molecule has 1 heterocycles. The van der Waals surface area contributed by atoms with E-state index >= 15 is 0 Å². The van der Waals surface area contributed by atoms with Crippen LogP contribution in [0.3, 0.4) is 0 Å². The minimum Gasteiger partial charge on any atom is -0.397 e. The maximum atomic E-state index is 12.0. The number of nitrogen functional groups attached to an aromatic ring is 1. The number of ether oxygens (including phenoxy) is 1. The molecule has 0 saturated heterocycles. The minimum atomic E-state index is -0.101. The Morgan fingerprint density at radius 2 is 2.10 bits per heavy atom. The molecule has 0 unspecified atom stereocenters. The first kappa shape index (κ1) is 14.9. The van der Waals surface area contributed by atoms with Gasteiger partial charge in [0.15, 0.2) is 0 Å². The van der Waals surface area contributed by atoms with E-state index in [1.165, 1.54) is 11.8 Å². The highest BCUT2D eigenvalue weighted by Gasteiger charge is 2.09. The van der Waals surface area contributed by atoms with Crippen LogP contribution < -0.4 is 11.3 Å². The van der Waals surface area contributed by atoms with Gasteiger partial charge in [-0.2, -0.15) is 0 Å². The molecule has 0 atom stereocenters. The highest BCUT2D eigenvalue weighted by molar-refractivity contribution is 7.99. The minimum absolute atomic E-state index is 0.101.